The molecule has 1 rings (SSSR count). The molecule has 1 aromatic carbocycles. The molecular weight excluding hydrogens is 194 g/mol. The summed E-state index contributed by atoms with van der Waals surface area (Å²) in [6.07, 6.45) is 2.39. The van der Waals surface area contributed by atoms with Crippen LogP contribution < -0.4 is 5.32 Å². The summed E-state index contributed by atoms with van der Waals surface area (Å²) in [5.74, 6) is 0.779. The highest BCUT2D eigenvalue weighted by molar-refractivity contribution is 5.22. The van der Waals surface area contributed by atoms with E-state index >= 15 is 0 Å². The van der Waals surface area contributed by atoms with Gasteiger partial charge in [-0.2, -0.15) is 0 Å². The molecule has 1 aromatic rings. The molecule has 0 aromatic heterocycles. The minimum atomic E-state index is 0.629. The molecule has 1 N–H and O–H groups in total. The Morgan fingerprint density at radius 1 is 1.19 bits per heavy atom. The van der Waals surface area contributed by atoms with Crippen LogP contribution in [-0.2, 0) is 6.42 Å². The highest BCUT2D eigenvalue weighted by Crippen LogP contribution is 2.06. The molecule has 0 bridgehead atoms. The summed E-state index contributed by atoms with van der Waals surface area (Å²) >= 11 is 0. The van der Waals surface area contributed by atoms with Crippen molar-refractivity contribution in [2.45, 2.75) is 46.6 Å². The quantitative estimate of drug-likeness (QED) is 0.771. The number of nitrogens with one attached hydrogen (secondary N) is 1. The fraction of sp³-hybridized carbons (Fsp3) is 0.600. The van der Waals surface area contributed by atoms with E-state index in [0.717, 1.165) is 18.9 Å². The van der Waals surface area contributed by atoms with Crippen molar-refractivity contribution in [2.75, 3.05) is 6.54 Å². The molecule has 0 fully saturated rings. The summed E-state index contributed by atoms with van der Waals surface area (Å²) in [5, 5.41) is 3.58. The average Bonchev–Trinajstić information content (AvgIpc) is 2.16. The van der Waals surface area contributed by atoms with Gasteiger partial charge in [0.15, 0.2) is 0 Å². The van der Waals surface area contributed by atoms with Gasteiger partial charge >= 0.3 is 0 Å². The van der Waals surface area contributed by atoms with Crippen molar-refractivity contribution in [1.29, 1.82) is 0 Å². The molecule has 90 valence electrons. The summed E-state index contributed by atoms with van der Waals surface area (Å²) in [4.78, 5) is 0. The van der Waals surface area contributed by atoms with Crippen LogP contribution in [0.2, 0.25) is 0 Å². The third-order valence-corrected chi connectivity index (χ3v) is 2.81. The minimum Gasteiger partial charge on any atom is -0.314 e. The molecule has 16 heavy (non-hydrogen) atoms. The van der Waals surface area contributed by atoms with E-state index < -0.39 is 0 Å². The second kappa shape index (κ2) is 6.70. The fourth-order valence-corrected chi connectivity index (χ4v) is 2.12. The maximum absolute atomic E-state index is 3.58. The first-order chi connectivity index (χ1) is 7.58. The van der Waals surface area contributed by atoms with Gasteiger partial charge < -0.3 is 5.32 Å². The van der Waals surface area contributed by atoms with Crippen molar-refractivity contribution in [2.24, 2.45) is 5.92 Å². The Morgan fingerprint density at radius 2 is 1.94 bits per heavy atom. The van der Waals surface area contributed by atoms with Gasteiger partial charge in [-0.05, 0) is 44.7 Å². The molecule has 1 atom stereocenters. The molecule has 0 radical (unpaired) electrons. The van der Waals surface area contributed by atoms with Crippen LogP contribution in [0.4, 0.5) is 0 Å². The van der Waals surface area contributed by atoms with Crippen molar-refractivity contribution in [1.82, 2.24) is 5.32 Å². The third kappa shape index (κ3) is 5.32. The zero-order valence-electron chi connectivity index (χ0n) is 11.1. The Bertz CT molecular complexity index is 304. The summed E-state index contributed by atoms with van der Waals surface area (Å²) in [6, 6.07) is 9.40. The van der Waals surface area contributed by atoms with E-state index in [1.54, 1.807) is 0 Å². The van der Waals surface area contributed by atoms with Crippen LogP contribution >= 0.6 is 0 Å². The Hall–Kier alpha value is -0.820. The monoisotopic (exact) mass is 219 g/mol. The van der Waals surface area contributed by atoms with Gasteiger partial charge in [-0.15, -0.1) is 0 Å². The van der Waals surface area contributed by atoms with Crippen molar-refractivity contribution in [3.8, 4) is 0 Å². The molecule has 0 aliphatic heterocycles. The van der Waals surface area contributed by atoms with E-state index in [2.05, 4.69) is 57.3 Å². The van der Waals surface area contributed by atoms with Crippen LogP contribution in [0.15, 0.2) is 24.3 Å². The van der Waals surface area contributed by atoms with Crippen LogP contribution in [-0.4, -0.2) is 12.6 Å². The molecular formula is C15H25N. The molecule has 0 spiro atoms. The number of aryl methyl sites for hydroxylation is 1. The van der Waals surface area contributed by atoms with Crippen LogP contribution in [0.1, 0.15) is 38.3 Å². The van der Waals surface area contributed by atoms with Crippen molar-refractivity contribution in [3.63, 3.8) is 0 Å². The number of benzene rings is 1. The second-order valence-electron chi connectivity index (χ2n) is 5.22. The van der Waals surface area contributed by atoms with Gasteiger partial charge in [0.25, 0.3) is 0 Å². The summed E-state index contributed by atoms with van der Waals surface area (Å²) in [6.45, 7) is 10.1. The summed E-state index contributed by atoms with van der Waals surface area (Å²) in [5.41, 5.74) is 2.79. The molecule has 0 saturated carbocycles. The number of hydrogen-bond donors (Lipinski definition) is 1. The van der Waals surface area contributed by atoms with Crippen molar-refractivity contribution < 1.29 is 0 Å². The second-order valence-corrected chi connectivity index (χ2v) is 5.22. The lowest BCUT2D eigenvalue weighted by atomic mass is 10.0. The first-order valence-electron chi connectivity index (χ1n) is 6.37. The molecule has 0 aliphatic carbocycles. The Morgan fingerprint density at radius 3 is 2.56 bits per heavy atom. The first-order valence-corrected chi connectivity index (χ1v) is 6.37. The maximum Gasteiger partial charge on any atom is 0.00412 e. The van der Waals surface area contributed by atoms with Crippen LogP contribution in [0.3, 0.4) is 0 Å². The van der Waals surface area contributed by atoms with Gasteiger partial charge in [0, 0.05) is 6.04 Å². The smallest absolute Gasteiger partial charge is 0.00412 e. The number of hydrogen-bond acceptors (Lipinski definition) is 1. The maximum atomic E-state index is 3.58. The average molecular weight is 219 g/mol. The molecule has 0 saturated heterocycles. The van der Waals surface area contributed by atoms with E-state index in [-0.39, 0.29) is 0 Å². The predicted octanol–water partition coefficient (Wildman–Crippen LogP) is 3.56. The third-order valence-electron chi connectivity index (χ3n) is 2.81. The SMILES string of the molecule is Cc1cccc(CCNC(C)CC(C)C)c1. The van der Waals surface area contributed by atoms with Gasteiger partial charge in [-0.25, -0.2) is 0 Å². The van der Waals surface area contributed by atoms with Gasteiger partial charge in [0.2, 0.25) is 0 Å². The lowest BCUT2D eigenvalue weighted by Gasteiger charge is -2.15. The Kier molecular flexibility index (Phi) is 5.54. The van der Waals surface area contributed by atoms with Crippen LogP contribution in [0, 0.1) is 12.8 Å². The normalized spacial score (nSPS) is 13.1. The van der Waals surface area contributed by atoms with Crippen LogP contribution in [0.25, 0.3) is 0 Å². The highest BCUT2D eigenvalue weighted by atomic mass is 14.9. The Labute approximate surface area is 100 Å². The van der Waals surface area contributed by atoms with Gasteiger partial charge in [-0.3, -0.25) is 0 Å². The predicted molar refractivity (Wildman–Crippen MR) is 71.8 cm³/mol. The molecule has 0 amide bonds. The zero-order valence-corrected chi connectivity index (χ0v) is 11.1. The van der Waals surface area contributed by atoms with Gasteiger partial charge in [0.1, 0.15) is 0 Å². The van der Waals surface area contributed by atoms with E-state index in [1.165, 1.54) is 17.5 Å². The molecule has 1 nitrogen and oxygen atoms in total. The zero-order chi connectivity index (χ0) is 12.0. The lowest BCUT2D eigenvalue weighted by Crippen LogP contribution is -2.29. The minimum absolute atomic E-state index is 0.629. The van der Waals surface area contributed by atoms with Crippen molar-refractivity contribution in [3.05, 3.63) is 35.4 Å². The summed E-state index contributed by atoms with van der Waals surface area (Å²) in [7, 11) is 0. The van der Waals surface area contributed by atoms with Crippen molar-refractivity contribution >= 4 is 0 Å². The van der Waals surface area contributed by atoms with E-state index in [4.69, 9.17) is 0 Å². The fourth-order valence-electron chi connectivity index (χ4n) is 2.12. The van der Waals surface area contributed by atoms with E-state index in [1.807, 2.05) is 0 Å². The first kappa shape index (κ1) is 13.2. The molecule has 0 heterocycles. The topological polar surface area (TPSA) is 12.0 Å². The van der Waals surface area contributed by atoms with Gasteiger partial charge in [0.05, 0.1) is 0 Å². The largest absolute Gasteiger partial charge is 0.314 e. The molecule has 1 unspecified atom stereocenters. The van der Waals surface area contributed by atoms with E-state index in [0.29, 0.717) is 6.04 Å². The molecule has 0 aliphatic rings. The van der Waals surface area contributed by atoms with Crippen LogP contribution in [0.5, 0.6) is 0 Å². The number of rotatable bonds is 6. The standard InChI is InChI=1S/C15H25N/c1-12(2)10-14(4)16-9-8-15-7-5-6-13(3)11-15/h5-7,11-12,14,16H,8-10H2,1-4H3. The summed E-state index contributed by atoms with van der Waals surface area (Å²) < 4.78 is 0. The van der Waals surface area contributed by atoms with Gasteiger partial charge in [-0.1, -0.05) is 43.7 Å². The lowest BCUT2D eigenvalue weighted by molar-refractivity contribution is 0.445. The molecule has 1 heteroatoms. The Balaban J connectivity index is 2.25. The highest BCUT2D eigenvalue weighted by Gasteiger charge is 2.03. The van der Waals surface area contributed by atoms with E-state index in [9.17, 15) is 0 Å².